The molecule has 9 heteroatoms. The molecule has 2 aliphatic rings. The van der Waals surface area contributed by atoms with E-state index in [1.54, 1.807) is 56.6 Å². The normalized spacial score (nSPS) is 19.4. The summed E-state index contributed by atoms with van der Waals surface area (Å²) in [4.78, 5) is 31.1. The molecule has 2 aliphatic heterocycles. The van der Waals surface area contributed by atoms with Gasteiger partial charge in [-0.2, -0.15) is 0 Å². The number of rotatable bonds is 4. The van der Waals surface area contributed by atoms with Crippen LogP contribution in [-0.2, 0) is 9.59 Å². The number of hydrogen-bond acceptors (Lipinski definition) is 7. The van der Waals surface area contributed by atoms with Crippen molar-refractivity contribution < 1.29 is 23.8 Å². The number of benzene rings is 2. The van der Waals surface area contributed by atoms with E-state index in [0.717, 1.165) is 0 Å². The molecule has 1 fully saturated rings. The molecule has 150 valence electrons. The lowest BCUT2D eigenvalue weighted by Crippen LogP contribution is -2.43. The van der Waals surface area contributed by atoms with Crippen LogP contribution >= 0.6 is 11.8 Å². The van der Waals surface area contributed by atoms with Crippen LogP contribution in [0.1, 0.15) is 6.42 Å². The number of amides is 2. The van der Waals surface area contributed by atoms with E-state index in [1.807, 2.05) is 0 Å². The fraction of sp³-hybridized carbons (Fsp3) is 0.250. The van der Waals surface area contributed by atoms with Crippen molar-refractivity contribution in [2.24, 2.45) is 4.99 Å². The second-order valence-corrected chi connectivity index (χ2v) is 7.58. The molecule has 0 saturated carbocycles. The number of anilines is 1. The number of amidine groups is 1. The smallest absolute Gasteiger partial charge is 0.238 e. The molecular weight excluding hydrogens is 394 g/mol. The van der Waals surface area contributed by atoms with Gasteiger partial charge >= 0.3 is 0 Å². The lowest BCUT2D eigenvalue weighted by molar-refractivity contribution is -0.128. The van der Waals surface area contributed by atoms with Gasteiger partial charge in [0, 0.05) is 25.2 Å². The number of ether oxygens (including phenoxy) is 3. The monoisotopic (exact) mass is 413 g/mol. The fourth-order valence-corrected chi connectivity index (χ4v) is 3.92. The predicted molar refractivity (Wildman–Crippen MR) is 110 cm³/mol. The Morgan fingerprint density at radius 1 is 1.21 bits per heavy atom. The van der Waals surface area contributed by atoms with Crippen LogP contribution in [0.4, 0.5) is 11.4 Å². The average Bonchev–Trinajstić information content (AvgIpc) is 3.19. The quantitative estimate of drug-likeness (QED) is 0.829. The van der Waals surface area contributed by atoms with Crippen molar-refractivity contribution in [3.05, 3.63) is 42.5 Å². The number of fused-ring (bicyclic) bond motifs is 1. The highest BCUT2D eigenvalue weighted by molar-refractivity contribution is 8.15. The molecule has 0 radical (unpaired) electrons. The van der Waals surface area contributed by atoms with Crippen LogP contribution in [0.15, 0.2) is 47.5 Å². The number of hydrogen-bond donors (Lipinski definition) is 1. The molecule has 4 rings (SSSR count). The Labute approximate surface area is 171 Å². The maximum Gasteiger partial charge on any atom is 0.238 e. The highest BCUT2D eigenvalue weighted by Crippen LogP contribution is 2.36. The molecule has 1 atom stereocenters. The van der Waals surface area contributed by atoms with Gasteiger partial charge < -0.3 is 19.5 Å². The Bertz CT molecular complexity index is 977. The van der Waals surface area contributed by atoms with Gasteiger partial charge in [-0.05, 0) is 36.4 Å². The molecule has 0 aliphatic carbocycles. The van der Waals surface area contributed by atoms with Crippen LogP contribution in [0.5, 0.6) is 17.2 Å². The summed E-state index contributed by atoms with van der Waals surface area (Å²) in [5.74, 6) is 1.55. The topological polar surface area (TPSA) is 89.5 Å². The molecule has 2 aromatic rings. The van der Waals surface area contributed by atoms with E-state index >= 15 is 0 Å². The molecule has 2 aromatic carbocycles. The Hall–Kier alpha value is -3.20. The Morgan fingerprint density at radius 3 is 2.72 bits per heavy atom. The lowest BCUT2D eigenvalue weighted by Gasteiger charge is -2.28. The van der Waals surface area contributed by atoms with Crippen LogP contribution < -0.4 is 19.5 Å². The lowest BCUT2D eigenvalue weighted by atomic mass is 10.2. The molecule has 1 saturated heterocycles. The summed E-state index contributed by atoms with van der Waals surface area (Å²) in [7, 11) is 3.23. The number of nitrogens with zero attached hydrogens (tertiary/aromatic N) is 2. The molecule has 29 heavy (non-hydrogen) atoms. The average molecular weight is 413 g/mol. The van der Waals surface area contributed by atoms with Gasteiger partial charge in [-0.25, -0.2) is 4.99 Å². The molecule has 0 bridgehead atoms. The van der Waals surface area contributed by atoms with E-state index in [4.69, 9.17) is 14.2 Å². The first kappa shape index (κ1) is 19.1. The van der Waals surface area contributed by atoms with Crippen molar-refractivity contribution in [1.82, 2.24) is 4.90 Å². The number of methoxy groups -OCH3 is 1. The van der Waals surface area contributed by atoms with Crippen molar-refractivity contribution in [3.8, 4) is 17.2 Å². The maximum absolute atomic E-state index is 12.7. The summed E-state index contributed by atoms with van der Waals surface area (Å²) in [5.41, 5.74) is 1.25. The van der Waals surface area contributed by atoms with Crippen LogP contribution in [0.2, 0.25) is 0 Å². The zero-order chi connectivity index (χ0) is 20.4. The van der Waals surface area contributed by atoms with E-state index in [9.17, 15) is 9.59 Å². The van der Waals surface area contributed by atoms with Gasteiger partial charge in [0.1, 0.15) is 11.0 Å². The maximum atomic E-state index is 12.7. The van der Waals surface area contributed by atoms with Crippen molar-refractivity contribution >= 4 is 40.1 Å². The zero-order valence-corrected chi connectivity index (χ0v) is 16.7. The van der Waals surface area contributed by atoms with E-state index in [0.29, 0.717) is 33.8 Å². The first-order chi connectivity index (χ1) is 14.0. The first-order valence-corrected chi connectivity index (χ1v) is 9.78. The summed E-state index contributed by atoms with van der Waals surface area (Å²) in [6.07, 6.45) is 0.101. The van der Waals surface area contributed by atoms with Crippen molar-refractivity contribution in [2.75, 3.05) is 26.3 Å². The molecule has 0 spiro atoms. The second-order valence-electron chi connectivity index (χ2n) is 6.41. The molecule has 0 aromatic heterocycles. The van der Waals surface area contributed by atoms with Crippen LogP contribution in [0, 0.1) is 0 Å². The van der Waals surface area contributed by atoms with Crippen molar-refractivity contribution in [2.45, 2.75) is 11.7 Å². The van der Waals surface area contributed by atoms with Gasteiger partial charge in [0.15, 0.2) is 16.7 Å². The highest BCUT2D eigenvalue weighted by Gasteiger charge is 2.34. The van der Waals surface area contributed by atoms with Gasteiger partial charge in [-0.3, -0.25) is 14.5 Å². The van der Waals surface area contributed by atoms with Gasteiger partial charge in [0.25, 0.3) is 0 Å². The zero-order valence-electron chi connectivity index (χ0n) is 15.9. The van der Waals surface area contributed by atoms with Crippen LogP contribution in [0.3, 0.4) is 0 Å². The van der Waals surface area contributed by atoms with Gasteiger partial charge in [0.2, 0.25) is 18.6 Å². The third-order valence-corrected chi connectivity index (χ3v) is 5.74. The molecule has 2 heterocycles. The van der Waals surface area contributed by atoms with E-state index in [1.165, 1.54) is 16.7 Å². The largest absolute Gasteiger partial charge is 0.497 e. The summed E-state index contributed by atoms with van der Waals surface area (Å²) in [6, 6.07) is 12.3. The number of carbonyl (C=O) groups is 2. The number of nitrogens with one attached hydrogen (secondary N) is 1. The van der Waals surface area contributed by atoms with Gasteiger partial charge in [-0.15, -0.1) is 0 Å². The Morgan fingerprint density at radius 2 is 1.97 bits per heavy atom. The van der Waals surface area contributed by atoms with E-state index < -0.39 is 5.25 Å². The number of aliphatic imine (C=N–C) groups is 1. The van der Waals surface area contributed by atoms with E-state index in [-0.39, 0.29) is 25.0 Å². The van der Waals surface area contributed by atoms with Crippen molar-refractivity contribution in [1.29, 1.82) is 0 Å². The van der Waals surface area contributed by atoms with Crippen LogP contribution in [-0.4, -0.2) is 48.1 Å². The molecule has 1 N–H and O–H groups in total. The summed E-state index contributed by atoms with van der Waals surface area (Å²) >= 11 is 1.25. The SMILES string of the molecule is COc1ccc(NC(=O)[C@@H]2CC(=O)N(C)C(=Nc3ccc4c(c3)OCO4)S2)cc1. The van der Waals surface area contributed by atoms with Gasteiger partial charge in [0.05, 0.1) is 12.8 Å². The molecule has 2 amide bonds. The number of thioether (sulfide) groups is 1. The Kier molecular flexibility index (Phi) is 5.30. The summed E-state index contributed by atoms with van der Waals surface area (Å²) in [5, 5.41) is 2.72. The summed E-state index contributed by atoms with van der Waals surface area (Å²) in [6.45, 7) is 0.177. The second kappa shape index (κ2) is 8.04. The fourth-order valence-electron chi connectivity index (χ4n) is 2.86. The number of carbonyl (C=O) groups excluding carboxylic acids is 2. The highest BCUT2D eigenvalue weighted by atomic mass is 32.2. The first-order valence-electron chi connectivity index (χ1n) is 8.90. The predicted octanol–water partition coefficient (Wildman–Crippen LogP) is 3.01. The Balaban J connectivity index is 1.50. The molecular formula is C20H19N3O5S. The third-order valence-electron chi connectivity index (χ3n) is 4.50. The third kappa shape index (κ3) is 4.14. The van der Waals surface area contributed by atoms with Crippen LogP contribution in [0.25, 0.3) is 0 Å². The minimum absolute atomic E-state index is 0.101. The van der Waals surface area contributed by atoms with E-state index in [2.05, 4.69) is 10.3 Å². The standard InChI is InChI=1S/C20H19N3O5S/c1-23-18(24)10-17(19(25)21-12-3-6-14(26-2)7-4-12)29-20(23)22-13-5-8-15-16(9-13)28-11-27-15/h3-9,17H,10-11H2,1-2H3,(H,21,25)/t17-/m0/s1. The molecule has 0 unspecified atom stereocenters. The minimum atomic E-state index is -0.575. The van der Waals surface area contributed by atoms with Gasteiger partial charge in [-0.1, -0.05) is 11.8 Å². The molecule has 8 nitrogen and oxygen atoms in total. The minimum Gasteiger partial charge on any atom is -0.497 e. The van der Waals surface area contributed by atoms with Crippen molar-refractivity contribution in [3.63, 3.8) is 0 Å². The summed E-state index contributed by atoms with van der Waals surface area (Å²) < 4.78 is 15.8.